The number of alkyl halides is 1. The summed E-state index contributed by atoms with van der Waals surface area (Å²) in [6.07, 6.45) is 3.45. The summed E-state index contributed by atoms with van der Waals surface area (Å²) in [7, 11) is 0.763. The lowest BCUT2D eigenvalue weighted by Crippen LogP contribution is -2.10. The topological polar surface area (TPSA) is 29.5 Å². The zero-order chi connectivity index (χ0) is 7.82. The Hall–Kier alpha value is 0.465. The minimum atomic E-state index is 0.143. The first-order valence-electron chi connectivity index (χ1n) is 3.48. The summed E-state index contributed by atoms with van der Waals surface area (Å²) in [4.78, 5) is 0. The fourth-order valence-corrected chi connectivity index (χ4v) is 1.09. The van der Waals surface area contributed by atoms with Gasteiger partial charge in [0.05, 0.1) is 0 Å². The van der Waals surface area contributed by atoms with E-state index < -0.39 is 0 Å². The van der Waals surface area contributed by atoms with E-state index >= 15 is 0 Å². The first-order valence-corrected chi connectivity index (χ1v) is 4.60. The fourth-order valence-electron chi connectivity index (χ4n) is 0.698. The Morgan fingerprint density at radius 1 is 1.60 bits per heavy atom. The lowest BCUT2D eigenvalue weighted by molar-refractivity contribution is 0.188. The number of hydrogen-bond donors (Lipinski definition) is 1. The van der Waals surface area contributed by atoms with Gasteiger partial charge in [-0.25, -0.2) is 0 Å². The highest BCUT2D eigenvalue weighted by Gasteiger charge is 2.00. The van der Waals surface area contributed by atoms with E-state index in [-0.39, 0.29) is 6.10 Å². The van der Waals surface area contributed by atoms with Gasteiger partial charge >= 0.3 is 7.69 Å². The van der Waals surface area contributed by atoms with E-state index in [1.54, 1.807) is 0 Å². The van der Waals surface area contributed by atoms with Crippen LogP contribution in [0.5, 0.6) is 0 Å². The van der Waals surface area contributed by atoms with Gasteiger partial charge in [0.25, 0.3) is 0 Å². The predicted octanol–water partition coefficient (Wildman–Crippen LogP) is 1.48. The first-order chi connectivity index (χ1) is 4.81. The molecule has 0 aromatic carbocycles. The summed E-state index contributed by atoms with van der Waals surface area (Å²) < 4.78 is 4.80. The normalized spacial score (nSPS) is 13.1. The van der Waals surface area contributed by atoms with Crippen molar-refractivity contribution in [2.45, 2.75) is 32.3 Å². The van der Waals surface area contributed by atoms with Gasteiger partial charge in [0.2, 0.25) is 0 Å². The maximum absolute atomic E-state index is 8.24. The summed E-state index contributed by atoms with van der Waals surface area (Å²) in [6.45, 7) is 1.95. The first kappa shape index (κ1) is 10.5. The lowest BCUT2D eigenvalue weighted by atomic mass is 10.2. The molecule has 0 saturated heterocycles. The minimum Gasteiger partial charge on any atom is -0.429 e. The quantitative estimate of drug-likeness (QED) is 0.407. The third-order valence-electron chi connectivity index (χ3n) is 1.29. The summed E-state index contributed by atoms with van der Waals surface area (Å²) >= 11 is 3.34. The largest absolute Gasteiger partial charge is 0.485 e. The molecule has 0 saturated carbocycles. The second kappa shape index (κ2) is 7.57. The van der Waals surface area contributed by atoms with E-state index in [4.69, 9.17) is 9.68 Å². The van der Waals surface area contributed by atoms with Crippen LogP contribution in [0.25, 0.3) is 0 Å². The SMILES string of the molecule is C[C@H](CCCCBr)O[B]O. The van der Waals surface area contributed by atoms with E-state index in [1.165, 1.54) is 6.42 Å². The molecule has 10 heavy (non-hydrogen) atoms. The summed E-state index contributed by atoms with van der Waals surface area (Å²) in [5.41, 5.74) is 0. The third-order valence-corrected chi connectivity index (χ3v) is 1.85. The molecule has 0 fully saturated rings. The van der Waals surface area contributed by atoms with Crippen LogP contribution in [0.15, 0.2) is 0 Å². The van der Waals surface area contributed by atoms with Crippen molar-refractivity contribution in [1.29, 1.82) is 0 Å². The molecule has 0 rings (SSSR count). The molecule has 1 radical (unpaired) electrons. The van der Waals surface area contributed by atoms with E-state index in [9.17, 15) is 0 Å². The van der Waals surface area contributed by atoms with Crippen molar-refractivity contribution in [2.75, 3.05) is 5.33 Å². The van der Waals surface area contributed by atoms with Gasteiger partial charge in [-0.3, -0.25) is 0 Å². The molecule has 0 unspecified atom stereocenters. The van der Waals surface area contributed by atoms with Gasteiger partial charge < -0.3 is 9.68 Å². The van der Waals surface area contributed by atoms with Gasteiger partial charge in [0.15, 0.2) is 0 Å². The molecule has 0 aliphatic carbocycles. The van der Waals surface area contributed by atoms with Crippen molar-refractivity contribution in [3.8, 4) is 0 Å². The van der Waals surface area contributed by atoms with Crippen LogP contribution in [0.1, 0.15) is 26.2 Å². The Bertz CT molecular complexity index is 72.8. The van der Waals surface area contributed by atoms with E-state index in [2.05, 4.69) is 15.9 Å². The summed E-state index contributed by atoms with van der Waals surface area (Å²) in [5, 5.41) is 9.28. The number of hydrogen-bond acceptors (Lipinski definition) is 2. The summed E-state index contributed by atoms with van der Waals surface area (Å²) in [5.74, 6) is 0. The standard InChI is InChI=1S/C6H13BBrO2/c1-6(10-7-9)4-2-3-5-8/h6,9H,2-5H2,1H3/t6-/m1/s1. The Kier molecular flexibility index (Phi) is 7.92. The Morgan fingerprint density at radius 3 is 2.80 bits per heavy atom. The highest BCUT2D eigenvalue weighted by atomic mass is 79.9. The zero-order valence-corrected chi connectivity index (χ0v) is 7.80. The van der Waals surface area contributed by atoms with Gasteiger partial charge in [-0.2, -0.15) is 0 Å². The lowest BCUT2D eigenvalue weighted by Gasteiger charge is -2.08. The Balaban J connectivity index is 2.97. The van der Waals surface area contributed by atoms with Crippen molar-refractivity contribution < 1.29 is 9.68 Å². The predicted molar refractivity (Wildman–Crippen MR) is 46.2 cm³/mol. The van der Waals surface area contributed by atoms with Crippen molar-refractivity contribution in [3.63, 3.8) is 0 Å². The van der Waals surface area contributed by atoms with E-state index in [0.717, 1.165) is 25.9 Å². The molecule has 0 heterocycles. The van der Waals surface area contributed by atoms with Crippen molar-refractivity contribution in [2.24, 2.45) is 0 Å². The molecule has 0 aromatic heterocycles. The molecule has 2 nitrogen and oxygen atoms in total. The second-order valence-electron chi connectivity index (χ2n) is 2.24. The average molecular weight is 208 g/mol. The molecule has 4 heteroatoms. The molecular weight excluding hydrogens is 195 g/mol. The van der Waals surface area contributed by atoms with Crippen molar-refractivity contribution in [1.82, 2.24) is 0 Å². The minimum absolute atomic E-state index is 0.143. The Labute approximate surface area is 71.4 Å². The second-order valence-corrected chi connectivity index (χ2v) is 3.03. The maximum Gasteiger partial charge on any atom is 0.485 e. The van der Waals surface area contributed by atoms with Crippen LogP contribution in [0.3, 0.4) is 0 Å². The molecule has 0 spiro atoms. The smallest absolute Gasteiger partial charge is 0.429 e. The number of rotatable bonds is 6. The van der Waals surface area contributed by atoms with E-state index in [0.29, 0.717) is 0 Å². The van der Waals surface area contributed by atoms with Crippen LogP contribution in [0.4, 0.5) is 0 Å². The molecule has 0 aliphatic rings. The number of halogens is 1. The van der Waals surface area contributed by atoms with Crippen LogP contribution in [0, 0.1) is 0 Å². The Morgan fingerprint density at radius 2 is 2.30 bits per heavy atom. The van der Waals surface area contributed by atoms with Crippen LogP contribution in [-0.4, -0.2) is 24.1 Å². The highest BCUT2D eigenvalue weighted by Crippen LogP contribution is 2.04. The van der Waals surface area contributed by atoms with Gasteiger partial charge in [0, 0.05) is 11.4 Å². The van der Waals surface area contributed by atoms with Gasteiger partial charge in [-0.15, -0.1) is 0 Å². The average Bonchev–Trinajstić information content (AvgIpc) is 1.89. The molecule has 0 aromatic rings. The fraction of sp³-hybridized carbons (Fsp3) is 1.00. The van der Waals surface area contributed by atoms with Crippen LogP contribution in [-0.2, 0) is 4.65 Å². The zero-order valence-electron chi connectivity index (χ0n) is 6.22. The van der Waals surface area contributed by atoms with Gasteiger partial charge in [-0.1, -0.05) is 22.4 Å². The molecule has 1 atom stereocenters. The molecule has 0 bridgehead atoms. The molecule has 1 N–H and O–H groups in total. The molecule has 59 valence electrons. The third kappa shape index (κ3) is 6.58. The number of unbranched alkanes of at least 4 members (excludes halogenated alkanes) is 1. The van der Waals surface area contributed by atoms with Gasteiger partial charge in [0.1, 0.15) is 0 Å². The highest BCUT2D eigenvalue weighted by molar-refractivity contribution is 9.09. The van der Waals surface area contributed by atoms with E-state index in [1.807, 2.05) is 6.92 Å². The van der Waals surface area contributed by atoms with Crippen LogP contribution < -0.4 is 0 Å². The van der Waals surface area contributed by atoms with Crippen molar-refractivity contribution in [3.05, 3.63) is 0 Å². The molecule has 0 aliphatic heterocycles. The van der Waals surface area contributed by atoms with Crippen LogP contribution in [0.2, 0.25) is 0 Å². The maximum atomic E-state index is 8.24. The van der Waals surface area contributed by atoms with Gasteiger partial charge in [-0.05, 0) is 19.8 Å². The molecular formula is C6H13BBrO2. The summed E-state index contributed by atoms with van der Waals surface area (Å²) in [6, 6.07) is 0. The molecule has 0 amide bonds. The monoisotopic (exact) mass is 207 g/mol. The van der Waals surface area contributed by atoms with Crippen LogP contribution >= 0.6 is 15.9 Å². The van der Waals surface area contributed by atoms with Crippen molar-refractivity contribution >= 4 is 23.6 Å².